The zero-order chi connectivity index (χ0) is 28.1. The van der Waals surface area contributed by atoms with Crippen LogP contribution in [0.15, 0.2) is 60.7 Å². The highest BCUT2D eigenvalue weighted by molar-refractivity contribution is 7.22. The molecule has 0 saturated heterocycles. The van der Waals surface area contributed by atoms with Gasteiger partial charge in [0, 0.05) is 16.8 Å². The number of aromatic nitrogens is 1. The zero-order valence-electron chi connectivity index (χ0n) is 22.2. The fourth-order valence-corrected chi connectivity index (χ4v) is 5.52. The number of rotatable bonds is 11. The van der Waals surface area contributed by atoms with Crippen LogP contribution in [0.5, 0.6) is 5.75 Å². The first-order valence-electron chi connectivity index (χ1n) is 12.8. The van der Waals surface area contributed by atoms with Gasteiger partial charge >= 0.3 is 0 Å². The average Bonchev–Trinajstić information content (AvgIpc) is 3.30. The molecule has 0 spiro atoms. The van der Waals surface area contributed by atoms with E-state index in [1.54, 1.807) is 30.3 Å². The number of primary amides is 1. The number of nitrogens with two attached hydrogens (primary N) is 2. The maximum absolute atomic E-state index is 13.3. The number of hydrogen-bond acceptors (Lipinski definition) is 8. The number of nitrogens with one attached hydrogen (secondary N) is 1. The van der Waals surface area contributed by atoms with Gasteiger partial charge in [0.25, 0.3) is 5.91 Å². The highest BCUT2D eigenvalue weighted by Gasteiger charge is 2.32. The lowest BCUT2D eigenvalue weighted by atomic mass is 9.93. The van der Waals surface area contributed by atoms with Crippen molar-refractivity contribution in [1.29, 1.82) is 0 Å². The molecule has 0 saturated carbocycles. The Labute approximate surface area is 231 Å². The SMILES string of the molecule is CCOc1cc(C(C(O)C(=O)Nc2ccc3nc(N)sc3c2)N(CC)CC)ccc1-c1ccccc1C(N)=O. The number of anilines is 2. The van der Waals surface area contributed by atoms with Gasteiger partial charge in [-0.2, -0.15) is 0 Å². The van der Waals surface area contributed by atoms with Crippen molar-refractivity contribution < 1.29 is 19.4 Å². The second-order valence-electron chi connectivity index (χ2n) is 8.93. The predicted molar refractivity (Wildman–Crippen MR) is 156 cm³/mol. The topological polar surface area (TPSA) is 144 Å². The van der Waals surface area contributed by atoms with E-state index in [2.05, 4.69) is 10.3 Å². The molecule has 0 bridgehead atoms. The third-order valence-electron chi connectivity index (χ3n) is 6.58. The highest BCUT2D eigenvalue weighted by atomic mass is 32.1. The molecule has 2 unspecified atom stereocenters. The Bertz CT molecular complexity index is 1480. The van der Waals surface area contributed by atoms with Crippen LogP contribution in [0, 0.1) is 0 Å². The minimum absolute atomic E-state index is 0.380. The fourth-order valence-electron chi connectivity index (χ4n) is 4.74. The molecule has 2 atom stereocenters. The number of carbonyl (C=O) groups is 2. The smallest absolute Gasteiger partial charge is 0.255 e. The van der Waals surface area contributed by atoms with Crippen molar-refractivity contribution in [3.8, 4) is 16.9 Å². The lowest BCUT2D eigenvalue weighted by Gasteiger charge is -2.33. The van der Waals surface area contributed by atoms with Gasteiger partial charge in [0.2, 0.25) is 5.91 Å². The lowest BCUT2D eigenvalue weighted by Crippen LogP contribution is -2.42. The van der Waals surface area contributed by atoms with Crippen LogP contribution in [0.25, 0.3) is 21.3 Å². The molecular weight excluding hydrogens is 514 g/mol. The summed E-state index contributed by atoms with van der Waals surface area (Å²) in [5, 5.41) is 14.7. The Balaban J connectivity index is 1.70. The lowest BCUT2D eigenvalue weighted by molar-refractivity contribution is -0.127. The summed E-state index contributed by atoms with van der Waals surface area (Å²) in [6, 6.07) is 17.2. The van der Waals surface area contributed by atoms with Crippen molar-refractivity contribution in [2.45, 2.75) is 32.9 Å². The summed E-state index contributed by atoms with van der Waals surface area (Å²) in [6.45, 7) is 7.42. The van der Waals surface area contributed by atoms with Crippen LogP contribution < -0.4 is 21.5 Å². The molecule has 0 aliphatic heterocycles. The molecule has 3 aromatic carbocycles. The number of likely N-dealkylation sites (N-methyl/N-ethyl adjacent to an activating group) is 1. The Kier molecular flexibility index (Phi) is 8.80. The molecule has 0 aliphatic rings. The third kappa shape index (κ3) is 6.03. The molecule has 6 N–H and O–H groups in total. The maximum atomic E-state index is 13.3. The minimum atomic E-state index is -1.38. The van der Waals surface area contributed by atoms with Crippen LogP contribution in [0.1, 0.15) is 42.7 Å². The van der Waals surface area contributed by atoms with E-state index < -0.39 is 24.0 Å². The number of hydrogen-bond donors (Lipinski definition) is 4. The summed E-state index contributed by atoms with van der Waals surface area (Å²) in [5.74, 6) is -0.545. The third-order valence-corrected chi connectivity index (χ3v) is 7.42. The Morgan fingerprint density at radius 1 is 1.05 bits per heavy atom. The molecule has 1 heterocycles. The molecule has 4 aromatic rings. The van der Waals surface area contributed by atoms with Crippen molar-refractivity contribution >= 4 is 44.2 Å². The molecule has 1 aromatic heterocycles. The number of ether oxygens (including phenoxy) is 1. The van der Waals surface area contributed by atoms with Crippen LogP contribution in [-0.2, 0) is 4.79 Å². The molecule has 204 valence electrons. The zero-order valence-corrected chi connectivity index (χ0v) is 23.0. The van der Waals surface area contributed by atoms with E-state index in [0.29, 0.717) is 58.5 Å². The van der Waals surface area contributed by atoms with E-state index >= 15 is 0 Å². The van der Waals surface area contributed by atoms with E-state index in [-0.39, 0.29) is 0 Å². The second-order valence-corrected chi connectivity index (χ2v) is 10.00. The first-order chi connectivity index (χ1) is 18.8. The normalized spacial score (nSPS) is 12.8. The van der Waals surface area contributed by atoms with Gasteiger partial charge in [-0.05, 0) is 61.5 Å². The van der Waals surface area contributed by atoms with E-state index in [4.69, 9.17) is 16.2 Å². The van der Waals surface area contributed by atoms with Gasteiger partial charge < -0.3 is 26.6 Å². The summed E-state index contributed by atoms with van der Waals surface area (Å²) in [6.07, 6.45) is -1.38. The van der Waals surface area contributed by atoms with E-state index in [1.807, 2.05) is 56.0 Å². The van der Waals surface area contributed by atoms with E-state index in [0.717, 1.165) is 10.2 Å². The Morgan fingerprint density at radius 2 is 1.79 bits per heavy atom. The Morgan fingerprint density at radius 3 is 2.49 bits per heavy atom. The molecular formula is C29H33N5O4S. The first-order valence-corrected chi connectivity index (χ1v) is 13.6. The summed E-state index contributed by atoms with van der Waals surface area (Å²) in [7, 11) is 0. The number of nitrogen functional groups attached to an aromatic ring is 1. The maximum Gasteiger partial charge on any atom is 0.255 e. The van der Waals surface area contributed by atoms with Crippen LogP contribution in [0.3, 0.4) is 0 Å². The number of fused-ring (bicyclic) bond motifs is 1. The molecule has 39 heavy (non-hydrogen) atoms. The number of thiazole rings is 1. The average molecular weight is 548 g/mol. The van der Waals surface area contributed by atoms with E-state index in [1.165, 1.54) is 11.3 Å². The number of amides is 2. The minimum Gasteiger partial charge on any atom is -0.493 e. The molecule has 9 nitrogen and oxygen atoms in total. The number of nitrogens with zero attached hydrogens (tertiary/aromatic N) is 2. The molecule has 0 aliphatic carbocycles. The van der Waals surface area contributed by atoms with Gasteiger partial charge in [-0.15, -0.1) is 0 Å². The molecule has 0 radical (unpaired) electrons. The molecule has 2 amide bonds. The fraction of sp³-hybridized carbons (Fsp3) is 0.276. The van der Waals surface area contributed by atoms with Crippen molar-refractivity contribution in [3.63, 3.8) is 0 Å². The van der Waals surface area contributed by atoms with Crippen LogP contribution in [-0.4, -0.2) is 52.6 Å². The monoisotopic (exact) mass is 547 g/mol. The summed E-state index contributed by atoms with van der Waals surface area (Å²) >= 11 is 1.33. The number of benzene rings is 3. The molecule has 4 rings (SSSR count). The molecule has 0 fully saturated rings. The van der Waals surface area contributed by atoms with Gasteiger partial charge in [-0.25, -0.2) is 4.98 Å². The highest BCUT2D eigenvalue weighted by Crippen LogP contribution is 2.37. The summed E-state index contributed by atoms with van der Waals surface area (Å²) < 4.78 is 6.82. The van der Waals surface area contributed by atoms with Crippen molar-refractivity contribution in [2.75, 3.05) is 30.7 Å². The van der Waals surface area contributed by atoms with Crippen LogP contribution in [0.4, 0.5) is 10.8 Å². The summed E-state index contributed by atoms with van der Waals surface area (Å²) in [5.41, 5.74) is 15.2. The number of carbonyl (C=O) groups excluding carboxylic acids is 2. The van der Waals surface area contributed by atoms with Gasteiger partial charge in [0.15, 0.2) is 11.2 Å². The number of aliphatic hydroxyl groups excluding tert-OH is 1. The summed E-state index contributed by atoms with van der Waals surface area (Å²) in [4.78, 5) is 31.7. The quantitative estimate of drug-likeness (QED) is 0.217. The van der Waals surface area contributed by atoms with Crippen molar-refractivity contribution in [2.24, 2.45) is 5.73 Å². The Hall–Kier alpha value is -3.99. The second kappa shape index (κ2) is 12.2. The van der Waals surface area contributed by atoms with Crippen LogP contribution in [0.2, 0.25) is 0 Å². The standard InChI is InChI=1S/C29H33N5O4S/c1-4-34(5-2)25(26(35)28(37)32-18-12-14-22-24(16-18)39-29(31)33-22)17-11-13-20(23(15-17)38-6-3)19-9-7-8-10-21(19)27(30)36/h7-16,25-26,35H,4-6H2,1-3H3,(H2,30,36)(H2,31,33)(H,32,37). The van der Waals surface area contributed by atoms with Crippen LogP contribution >= 0.6 is 11.3 Å². The van der Waals surface area contributed by atoms with Crippen molar-refractivity contribution in [1.82, 2.24) is 9.88 Å². The van der Waals surface area contributed by atoms with E-state index in [9.17, 15) is 14.7 Å². The van der Waals surface area contributed by atoms with Gasteiger partial charge in [-0.1, -0.05) is 55.5 Å². The van der Waals surface area contributed by atoms with Gasteiger partial charge in [0.05, 0.1) is 22.9 Å². The van der Waals surface area contributed by atoms with Gasteiger partial charge in [0.1, 0.15) is 5.75 Å². The number of aliphatic hydroxyl groups is 1. The first kappa shape index (κ1) is 28.0. The largest absolute Gasteiger partial charge is 0.493 e. The molecule has 10 heteroatoms. The van der Waals surface area contributed by atoms with Gasteiger partial charge in [-0.3, -0.25) is 14.5 Å². The van der Waals surface area contributed by atoms with Crippen molar-refractivity contribution in [3.05, 3.63) is 71.8 Å². The predicted octanol–water partition coefficient (Wildman–Crippen LogP) is 4.43.